The van der Waals surface area contributed by atoms with Crippen molar-refractivity contribution in [2.24, 2.45) is 0 Å². The predicted octanol–water partition coefficient (Wildman–Crippen LogP) is 2.68. The van der Waals surface area contributed by atoms with Crippen molar-refractivity contribution in [3.63, 3.8) is 0 Å². The average molecular weight is 313 g/mol. The van der Waals surface area contributed by atoms with Gasteiger partial charge in [0.15, 0.2) is 0 Å². The van der Waals surface area contributed by atoms with Gasteiger partial charge in [-0.2, -0.15) is 0 Å². The van der Waals surface area contributed by atoms with Crippen molar-refractivity contribution in [2.45, 2.75) is 19.4 Å². The van der Waals surface area contributed by atoms with Crippen LogP contribution in [-0.2, 0) is 4.74 Å². The van der Waals surface area contributed by atoms with Crippen LogP contribution in [-0.4, -0.2) is 47.8 Å². The second-order valence-electron chi connectivity index (χ2n) is 4.91. The Hall–Kier alpha value is -1.79. The number of rotatable bonds is 2. The van der Waals surface area contributed by atoms with Crippen molar-refractivity contribution in [3.8, 4) is 0 Å². The summed E-state index contributed by atoms with van der Waals surface area (Å²) < 4.78 is 5.48. The fourth-order valence-corrected chi connectivity index (χ4v) is 2.35. The topological polar surface area (TPSA) is 78.9 Å². The van der Waals surface area contributed by atoms with E-state index in [1.165, 1.54) is 12.1 Å². The molecule has 0 saturated carbocycles. The lowest BCUT2D eigenvalue weighted by Gasteiger charge is -2.22. The van der Waals surface area contributed by atoms with Crippen molar-refractivity contribution in [2.75, 3.05) is 25.0 Å². The van der Waals surface area contributed by atoms with E-state index in [9.17, 15) is 9.59 Å². The number of benzene rings is 1. The molecule has 2 rings (SSSR count). The first-order chi connectivity index (χ1) is 9.97. The van der Waals surface area contributed by atoms with Gasteiger partial charge in [-0.15, -0.1) is 0 Å². The highest BCUT2D eigenvalue weighted by Gasteiger charge is 2.20. The van der Waals surface area contributed by atoms with Crippen LogP contribution >= 0.6 is 11.6 Å². The maximum atomic E-state index is 12.2. The molecule has 2 N–H and O–H groups in total. The van der Waals surface area contributed by atoms with Crippen LogP contribution in [0.4, 0.5) is 10.5 Å². The number of aromatic carboxylic acids is 1. The van der Waals surface area contributed by atoms with Crippen LogP contribution in [0.1, 0.15) is 23.7 Å². The molecular formula is C14H17ClN2O4. The van der Waals surface area contributed by atoms with E-state index < -0.39 is 5.97 Å². The Bertz CT molecular complexity index is 550. The molecule has 1 unspecified atom stereocenters. The number of carboxylic acid groups (broad SMARTS) is 1. The number of carboxylic acids is 1. The minimum atomic E-state index is -1.13. The maximum absolute atomic E-state index is 12.2. The Labute approximate surface area is 127 Å². The summed E-state index contributed by atoms with van der Waals surface area (Å²) >= 11 is 5.80. The van der Waals surface area contributed by atoms with Gasteiger partial charge in [-0.05, 0) is 31.5 Å². The van der Waals surface area contributed by atoms with Crippen LogP contribution in [0, 0.1) is 0 Å². The van der Waals surface area contributed by atoms with Gasteiger partial charge in [0.2, 0.25) is 0 Å². The molecule has 21 heavy (non-hydrogen) atoms. The molecule has 1 saturated heterocycles. The van der Waals surface area contributed by atoms with Gasteiger partial charge >= 0.3 is 12.0 Å². The summed E-state index contributed by atoms with van der Waals surface area (Å²) in [6.45, 7) is 3.66. The summed E-state index contributed by atoms with van der Waals surface area (Å²) in [5, 5.41) is 11.8. The number of urea groups is 1. The molecule has 1 fully saturated rings. The number of hydrogen-bond acceptors (Lipinski definition) is 3. The quantitative estimate of drug-likeness (QED) is 0.880. The Morgan fingerprint density at radius 1 is 1.48 bits per heavy atom. The number of carbonyl (C=O) groups excluding carboxylic acids is 1. The maximum Gasteiger partial charge on any atom is 0.337 e. The molecule has 1 aliphatic heterocycles. The van der Waals surface area contributed by atoms with E-state index in [0.29, 0.717) is 25.4 Å². The SMILES string of the molecule is CC1CN(C(=O)Nc2ccc(Cl)c(C(=O)O)c2)CCCO1. The third kappa shape index (κ3) is 4.09. The van der Waals surface area contributed by atoms with Crippen LogP contribution in [0.5, 0.6) is 0 Å². The van der Waals surface area contributed by atoms with Gasteiger partial charge in [0.1, 0.15) is 0 Å². The van der Waals surface area contributed by atoms with E-state index in [4.69, 9.17) is 21.4 Å². The van der Waals surface area contributed by atoms with Crippen LogP contribution in [0.25, 0.3) is 0 Å². The molecule has 0 spiro atoms. The minimum Gasteiger partial charge on any atom is -0.478 e. The Morgan fingerprint density at radius 3 is 2.95 bits per heavy atom. The first-order valence-corrected chi connectivity index (χ1v) is 7.05. The first-order valence-electron chi connectivity index (χ1n) is 6.67. The number of nitrogens with one attached hydrogen (secondary N) is 1. The van der Waals surface area contributed by atoms with Crippen molar-refractivity contribution < 1.29 is 19.4 Å². The number of nitrogens with zero attached hydrogens (tertiary/aromatic N) is 1. The molecule has 6 nitrogen and oxygen atoms in total. The molecule has 2 amide bonds. The third-order valence-electron chi connectivity index (χ3n) is 3.19. The molecule has 114 valence electrons. The lowest BCUT2D eigenvalue weighted by atomic mass is 10.2. The largest absolute Gasteiger partial charge is 0.478 e. The van der Waals surface area contributed by atoms with E-state index in [0.717, 1.165) is 6.42 Å². The summed E-state index contributed by atoms with van der Waals surface area (Å²) in [6, 6.07) is 4.10. The summed E-state index contributed by atoms with van der Waals surface area (Å²) in [4.78, 5) is 24.9. The van der Waals surface area contributed by atoms with Gasteiger partial charge in [-0.3, -0.25) is 0 Å². The molecule has 1 heterocycles. The van der Waals surface area contributed by atoms with Crippen LogP contribution < -0.4 is 5.32 Å². The minimum absolute atomic E-state index is 0.0157. The molecule has 1 atom stereocenters. The highest BCUT2D eigenvalue weighted by atomic mass is 35.5. The van der Waals surface area contributed by atoms with Crippen LogP contribution in [0.15, 0.2) is 18.2 Å². The van der Waals surface area contributed by atoms with Gasteiger partial charge in [-0.1, -0.05) is 11.6 Å². The van der Waals surface area contributed by atoms with E-state index >= 15 is 0 Å². The number of halogens is 1. The van der Waals surface area contributed by atoms with Crippen molar-refractivity contribution in [1.82, 2.24) is 4.90 Å². The first kappa shape index (κ1) is 15.6. The fraction of sp³-hybridized carbons (Fsp3) is 0.429. The Balaban J connectivity index is 2.08. The van der Waals surface area contributed by atoms with Crippen molar-refractivity contribution in [1.29, 1.82) is 0 Å². The Kier molecular flexibility index (Phi) is 5.03. The normalized spacial score (nSPS) is 19.0. The number of anilines is 1. The molecular weight excluding hydrogens is 296 g/mol. The molecule has 0 radical (unpaired) electrons. The standard InChI is InChI=1S/C14H17ClN2O4/c1-9-8-17(5-2-6-21-9)14(20)16-10-3-4-12(15)11(7-10)13(18)19/h3-4,7,9H,2,5-6,8H2,1H3,(H,16,20)(H,18,19). The molecule has 0 bridgehead atoms. The van der Waals surface area contributed by atoms with Gasteiger partial charge in [0, 0.05) is 25.4 Å². The van der Waals surface area contributed by atoms with Gasteiger partial charge in [-0.25, -0.2) is 9.59 Å². The monoisotopic (exact) mass is 312 g/mol. The Morgan fingerprint density at radius 2 is 2.24 bits per heavy atom. The van der Waals surface area contributed by atoms with Crippen molar-refractivity contribution in [3.05, 3.63) is 28.8 Å². The number of carbonyl (C=O) groups is 2. The van der Waals surface area contributed by atoms with Crippen LogP contribution in [0.2, 0.25) is 5.02 Å². The molecule has 7 heteroatoms. The van der Waals surface area contributed by atoms with Crippen molar-refractivity contribution >= 4 is 29.3 Å². The highest BCUT2D eigenvalue weighted by Crippen LogP contribution is 2.21. The summed E-state index contributed by atoms with van der Waals surface area (Å²) in [5.41, 5.74) is 0.363. The second kappa shape index (κ2) is 6.78. The molecule has 0 aliphatic carbocycles. The summed E-state index contributed by atoms with van der Waals surface area (Å²) in [5.74, 6) is -1.13. The zero-order valence-electron chi connectivity index (χ0n) is 11.6. The van der Waals surface area contributed by atoms with E-state index in [1.54, 1.807) is 11.0 Å². The highest BCUT2D eigenvalue weighted by molar-refractivity contribution is 6.33. The third-order valence-corrected chi connectivity index (χ3v) is 3.52. The number of ether oxygens (including phenoxy) is 1. The smallest absolute Gasteiger partial charge is 0.337 e. The van der Waals surface area contributed by atoms with Crippen LogP contribution in [0.3, 0.4) is 0 Å². The van der Waals surface area contributed by atoms with Gasteiger partial charge in [0.25, 0.3) is 0 Å². The van der Waals surface area contributed by atoms with E-state index in [2.05, 4.69) is 5.32 Å². The molecule has 1 aliphatic rings. The molecule has 1 aromatic rings. The summed E-state index contributed by atoms with van der Waals surface area (Å²) in [6.07, 6.45) is 0.761. The lowest BCUT2D eigenvalue weighted by molar-refractivity contribution is 0.0697. The zero-order chi connectivity index (χ0) is 15.4. The lowest BCUT2D eigenvalue weighted by Crippen LogP contribution is -2.38. The summed E-state index contributed by atoms with van der Waals surface area (Å²) in [7, 11) is 0. The van der Waals surface area contributed by atoms with Gasteiger partial charge < -0.3 is 20.1 Å². The van der Waals surface area contributed by atoms with E-state index in [-0.39, 0.29) is 22.7 Å². The van der Waals surface area contributed by atoms with E-state index in [1.807, 2.05) is 6.92 Å². The van der Waals surface area contributed by atoms with Gasteiger partial charge in [0.05, 0.1) is 16.7 Å². The number of hydrogen-bond donors (Lipinski definition) is 2. The second-order valence-corrected chi connectivity index (χ2v) is 5.32. The zero-order valence-corrected chi connectivity index (χ0v) is 12.4. The molecule has 1 aromatic carbocycles. The predicted molar refractivity (Wildman–Crippen MR) is 79.0 cm³/mol. The molecule has 0 aromatic heterocycles. The average Bonchev–Trinajstić information content (AvgIpc) is 2.65. The fourth-order valence-electron chi connectivity index (χ4n) is 2.15. The number of amides is 2.